The molecule has 1 heterocycles. The minimum absolute atomic E-state index is 0.239. The molecule has 0 radical (unpaired) electrons. The minimum atomic E-state index is -0.239. The largest absolute Gasteiger partial charge is 0.285 e. The zero-order valence-corrected chi connectivity index (χ0v) is 12.0. The molecule has 1 fully saturated rings. The van der Waals surface area contributed by atoms with E-state index in [1.54, 1.807) is 0 Å². The van der Waals surface area contributed by atoms with Gasteiger partial charge in [0.25, 0.3) is 0 Å². The summed E-state index contributed by atoms with van der Waals surface area (Å²) >= 11 is 3.53. The van der Waals surface area contributed by atoms with E-state index in [4.69, 9.17) is 0 Å². The highest BCUT2D eigenvalue weighted by Gasteiger charge is 2.41. The molecular formula is C15H17BrN2. The number of likely N-dealkylation sites (tertiary alicyclic amines) is 1. The van der Waals surface area contributed by atoms with Crippen LogP contribution in [0.15, 0.2) is 22.7 Å². The van der Waals surface area contributed by atoms with Crippen LogP contribution < -0.4 is 0 Å². The first-order valence-corrected chi connectivity index (χ1v) is 7.46. The molecule has 1 atom stereocenters. The van der Waals surface area contributed by atoms with Crippen molar-refractivity contribution in [3.8, 4) is 6.07 Å². The maximum Gasteiger partial charge on any atom is 0.113 e. The second-order valence-corrected chi connectivity index (χ2v) is 6.34. The standard InChI is InChI=1S/C15H17BrN2/c16-14-4-3-13-10-15(11-17,6-5-12(13)9-14)18-7-1-2-8-18/h3-4,9H,1-2,5-8,10H2. The van der Waals surface area contributed by atoms with Gasteiger partial charge in [-0.25, -0.2) is 0 Å². The van der Waals surface area contributed by atoms with Gasteiger partial charge < -0.3 is 0 Å². The Labute approximate surface area is 117 Å². The molecule has 1 unspecified atom stereocenters. The number of nitriles is 1. The number of hydrogen-bond acceptors (Lipinski definition) is 2. The van der Waals surface area contributed by atoms with Crippen molar-refractivity contribution in [3.63, 3.8) is 0 Å². The number of halogens is 1. The van der Waals surface area contributed by atoms with Crippen LogP contribution >= 0.6 is 15.9 Å². The van der Waals surface area contributed by atoms with Crippen LogP contribution in [0.25, 0.3) is 0 Å². The van der Waals surface area contributed by atoms with Gasteiger partial charge in [0.15, 0.2) is 0 Å². The highest BCUT2D eigenvalue weighted by molar-refractivity contribution is 9.10. The topological polar surface area (TPSA) is 27.0 Å². The van der Waals surface area contributed by atoms with Crippen molar-refractivity contribution in [2.45, 2.75) is 37.6 Å². The second kappa shape index (κ2) is 4.68. The fourth-order valence-electron chi connectivity index (χ4n) is 3.33. The number of rotatable bonds is 1. The van der Waals surface area contributed by atoms with Crippen molar-refractivity contribution in [3.05, 3.63) is 33.8 Å². The maximum absolute atomic E-state index is 9.68. The molecule has 94 valence electrons. The summed E-state index contributed by atoms with van der Waals surface area (Å²) in [6.07, 6.45) is 5.39. The fraction of sp³-hybridized carbons (Fsp3) is 0.533. The first-order valence-electron chi connectivity index (χ1n) is 6.67. The third-order valence-corrected chi connectivity index (χ3v) is 4.87. The van der Waals surface area contributed by atoms with Crippen LogP contribution in [-0.2, 0) is 12.8 Å². The van der Waals surface area contributed by atoms with Crippen LogP contribution in [-0.4, -0.2) is 23.5 Å². The fourth-order valence-corrected chi connectivity index (χ4v) is 3.73. The molecule has 0 saturated carbocycles. The van der Waals surface area contributed by atoms with Gasteiger partial charge in [-0.05, 0) is 62.0 Å². The zero-order chi connectivity index (χ0) is 12.6. The van der Waals surface area contributed by atoms with E-state index in [1.807, 2.05) is 0 Å². The van der Waals surface area contributed by atoms with E-state index in [2.05, 4.69) is 45.1 Å². The highest BCUT2D eigenvalue weighted by Crippen LogP contribution is 2.36. The predicted molar refractivity (Wildman–Crippen MR) is 75.3 cm³/mol. The van der Waals surface area contributed by atoms with E-state index in [0.29, 0.717) is 0 Å². The van der Waals surface area contributed by atoms with E-state index in [9.17, 15) is 5.26 Å². The molecule has 1 aromatic rings. The SMILES string of the molecule is N#CC1(N2CCCC2)CCc2cc(Br)ccc2C1. The van der Waals surface area contributed by atoms with Crippen molar-refractivity contribution >= 4 is 15.9 Å². The van der Waals surface area contributed by atoms with Crippen LogP contribution in [0.2, 0.25) is 0 Å². The summed E-state index contributed by atoms with van der Waals surface area (Å²) in [5.41, 5.74) is 2.53. The second-order valence-electron chi connectivity index (χ2n) is 5.43. The molecule has 0 bridgehead atoms. The quantitative estimate of drug-likeness (QED) is 0.796. The van der Waals surface area contributed by atoms with Crippen molar-refractivity contribution in [2.24, 2.45) is 0 Å². The molecule has 18 heavy (non-hydrogen) atoms. The molecule has 3 heteroatoms. The first-order chi connectivity index (χ1) is 8.73. The molecule has 2 nitrogen and oxygen atoms in total. The van der Waals surface area contributed by atoms with Gasteiger partial charge in [-0.3, -0.25) is 4.90 Å². The van der Waals surface area contributed by atoms with Crippen LogP contribution in [0.1, 0.15) is 30.4 Å². The summed E-state index contributed by atoms with van der Waals surface area (Å²) in [4.78, 5) is 2.41. The monoisotopic (exact) mass is 304 g/mol. The Morgan fingerprint density at radius 3 is 2.72 bits per heavy atom. The summed E-state index contributed by atoms with van der Waals surface area (Å²) in [7, 11) is 0. The Morgan fingerprint density at radius 1 is 1.22 bits per heavy atom. The van der Waals surface area contributed by atoms with Crippen LogP contribution in [0.3, 0.4) is 0 Å². The Balaban J connectivity index is 1.92. The minimum Gasteiger partial charge on any atom is -0.285 e. The van der Waals surface area contributed by atoms with E-state index in [0.717, 1.165) is 36.8 Å². The predicted octanol–water partition coefficient (Wildman–Crippen LogP) is 3.30. The van der Waals surface area contributed by atoms with E-state index < -0.39 is 0 Å². The van der Waals surface area contributed by atoms with Crippen molar-refractivity contribution < 1.29 is 0 Å². The summed E-state index contributed by atoms with van der Waals surface area (Å²) in [6.45, 7) is 2.19. The van der Waals surface area contributed by atoms with Crippen LogP contribution in [0, 0.1) is 11.3 Å². The molecular weight excluding hydrogens is 288 g/mol. The van der Waals surface area contributed by atoms with Gasteiger partial charge in [-0.1, -0.05) is 22.0 Å². The van der Waals surface area contributed by atoms with Crippen LogP contribution in [0.5, 0.6) is 0 Å². The van der Waals surface area contributed by atoms with E-state index >= 15 is 0 Å². The molecule has 1 aliphatic carbocycles. The van der Waals surface area contributed by atoms with Gasteiger partial charge >= 0.3 is 0 Å². The maximum atomic E-state index is 9.68. The normalized spacial score (nSPS) is 27.8. The summed E-state index contributed by atoms with van der Waals surface area (Å²) in [5, 5.41) is 9.68. The molecule has 1 saturated heterocycles. The Hall–Kier alpha value is -0.850. The van der Waals surface area contributed by atoms with Gasteiger partial charge in [-0.2, -0.15) is 5.26 Å². The summed E-state index contributed by atoms with van der Waals surface area (Å²) in [5.74, 6) is 0. The van der Waals surface area contributed by atoms with Crippen LogP contribution in [0.4, 0.5) is 0 Å². The summed E-state index contributed by atoms with van der Waals surface area (Å²) in [6, 6.07) is 9.11. The Bertz CT molecular complexity index is 500. The number of benzene rings is 1. The molecule has 0 aromatic heterocycles. The Kier molecular flexibility index (Phi) is 3.17. The molecule has 0 N–H and O–H groups in total. The van der Waals surface area contributed by atoms with Gasteiger partial charge in [0.2, 0.25) is 0 Å². The number of fused-ring (bicyclic) bond motifs is 1. The summed E-state index contributed by atoms with van der Waals surface area (Å²) < 4.78 is 1.15. The molecule has 0 spiro atoms. The van der Waals surface area contributed by atoms with Gasteiger partial charge in [0, 0.05) is 10.9 Å². The third kappa shape index (κ3) is 1.98. The van der Waals surface area contributed by atoms with Crippen molar-refractivity contribution in [1.82, 2.24) is 4.90 Å². The molecule has 3 rings (SSSR count). The lowest BCUT2D eigenvalue weighted by Crippen LogP contribution is -2.50. The first kappa shape index (κ1) is 12.2. The van der Waals surface area contributed by atoms with Gasteiger partial charge in [0.05, 0.1) is 6.07 Å². The van der Waals surface area contributed by atoms with Crippen molar-refractivity contribution in [2.75, 3.05) is 13.1 Å². The zero-order valence-electron chi connectivity index (χ0n) is 10.5. The number of aryl methyl sites for hydroxylation is 1. The molecule has 1 aromatic carbocycles. The molecule has 1 aliphatic heterocycles. The van der Waals surface area contributed by atoms with Gasteiger partial charge in [-0.15, -0.1) is 0 Å². The van der Waals surface area contributed by atoms with Gasteiger partial charge in [0.1, 0.15) is 5.54 Å². The van der Waals surface area contributed by atoms with E-state index in [-0.39, 0.29) is 5.54 Å². The highest BCUT2D eigenvalue weighted by atomic mass is 79.9. The van der Waals surface area contributed by atoms with E-state index in [1.165, 1.54) is 24.0 Å². The lowest BCUT2D eigenvalue weighted by molar-refractivity contribution is 0.154. The average molecular weight is 305 g/mol. The van der Waals surface area contributed by atoms with Crippen molar-refractivity contribution in [1.29, 1.82) is 5.26 Å². The number of nitrogens with zero attached hydrogens (tertiary/aromatic N) is 2. The molecule has 2 aliphatic rings. The molecule has 0 amide bonds. The Morgan fingerprint density at radius 2 is 2.00 bits per heavy atom. The lowest BCUT2D eigenvalue weighted by Gasteiger charge is -2.39. The average Bonchev–Trinajstić information content (AvgIpc) is 2.93. The number of hydrogen-bond donors (Lipinski definition) is 0. The smallest absolute Gasteiger partial charge is 0.113 e. The third-order valence-electron chi connectivity index (χ3n) is 4.38. The lowest BCUT2D eigenvalue weighted by atomic mass is 9.78.